The zero-order valence-electron chi connectivity index (χ0n) is 7.45. The Morgan fingerprint density at radius 1 is 1.15 bits per heavy atom. The Bertz CT molecular complexity index is 190. The Morgan fingerprint density at radius 3 is 2.23 bits per heavy atom. The minimum atomic E-state index is -4.00. The summed E-state index contributed by atoms with van der Waals surface area (Å²) >= 11 is 0. The van der Waals surface area contributed by atoms with E-state index in [1.807, 2.05) is 0 Å². The molecule has 0 bridgehead atoms. The fourth-order valence-electron chi connectivity index (χ4n) is 2.29. The normalized spacial score (nSPS) is 33.0. The monoisotopic (exact) mass is 193 g/mol. The van der Waals surface area contributed by atoms with E-state index in [1.165, 1.54) is 0 Å². The highest BCUT2D eigenvalue weighted by Gasteiger charge is 2.66. The molecule has 1 heterocycles. The molecule has 1 aliphatic heterocycles. The lowest BCUT2D eigenvalue weighted by atomic mass is 9.89. The lowest BCUT2D eigenvalue weighted by molar-refractivity contribution is -0.197. The molecule has 0 radical (unpaired) electrons. The van der Waals surface area contributed by atoms with E-state index in [2.05, 4.69) is 5.32 Å². The van der Waals surface area contributed by atoms with Crippen LogP contribution in [0.25, 0.3) is 0 Å². The van der Waals surface area contributed by atoms with Crippen LogP contribution in [-0.4, -0.2) is 18.8 Å². The van der Waals surface area contributed by atoms with Crippen LogP contribution >= 0.6 is 0 Å². The molecule has 2 rings (SSSR count). The predicted molar refractivity (Wildman–Crippen MR) is 43.4 cm³/mol. The molecular formula is C9H14F3N. The summed E-state index contributed by atoms with van der Waals surface area (Å²) in [6, 6.07) is -0.304. The summed E-state index contributed by atoms with van der Waals surface area (Å²) in [4.78, 5) is 0. The average Bonchev–Trinajstić information content (AvgIpc) is 2.84. The highest BCUT2D eigenvalue weighted by molar-refractivity contribution is 5.07. The van der Waals surface area contributed by atoms with Gasteiger partial charge in [0.2, 0.25) is 0 Å². The largest absolute Gasteiger partial charge is 0.395 e. The SMILES string of the molecule is FC(F)(F)C1(C2CCCCN2)CC1. The van der Waals surface area contributed by atoms with Gasteiger partial charge in [-0.1, -0.05) is 6.42 Å². The Balaban J connectivity index is 2.06. The Kier molecular flexibility index (Phi) is 2.06. The highest BCUT2D eigenvalue weighted by Crippen LogP contribution is 2.60. The lowest BCUT2D eigenvalue weighted by Crippen LogP contribution is -2.47. The zero-order chi connectivity index (χ0) is 9.53. The first-order valence-electron chi connectivity index (χ1n) is 4.86. The highest BCUT2D eigenvalue weighted by atomic mass is 19.4. The Hall–Kier alpha value is -0.250. The van der Waals surface area contributed by atoms with Crippen molar-refractivity contribution in [3.05, 3.63) is 0 Å². The summed E-state index contributed by atoms with van der Waals surface area (Å²) in [6.45, 7) is 0.752. The molecule has 2 fully saturated rings. The molecule has 0 amide bonds. The van der Waals surface area contributed by atoms with Gasteiger partial charge in [0.15, 0.2) is 0 Å². The summed E-state index contributed by atoms with van der Waals surface area (Å²) in [6.07, 6.45) is -0.691. The first-order valence-corrected chi connectivity index (χ1v) is 4.86. The summed E-state index contributed by atoms with van der Waals surface area (Å²) in [5.74, 6) is 0. The van der Waals surface area contributed by atoms with Crippen LogP contribution in [0.5, 0.6) is 0 Å². The van der Waals surface area contributed by atoms with E-state index in [4.69, 9.17) is 0 Å². The molecule has 1 saturated heterocycles. The molecule has 0 aromatic rings. The first kappa shape index (κ1) is 9.31. The van der Waals surface area contributed by atoms with Crippen molar-refractivity contribution in [1.82, 2.24) is 5.32 Å². The maximum Gasteiger partial charge on any atom is 0.395 e. The van der Waals surface area contributed by atoms with Gasteiger partial charge < -0.3 is 5.32 Å². The third-order valence-electron chi connectivity index (χ3n) is 3.33. The van der Waals surface area contributed by atoms with Gasteiger partial charge in [-0.25, -0.2) is 0 Å². The molecule has 1 saturated carbocycles. The van der Waals surface area contributed by atoms with Crippen LogP contribution in [0.1, 0.15) is 32.1 Å². The fraction of sp³-hybridized carbons (Fsp3) is 1.00. The number of halogens is 3. The molecule has 1 atom stereocenters. The van der Waals surface area contributed by atoms with Crippen molar-refractivity contribution in [1.29, 1.82) is 0 Å². The molecule has 1 N–H and O–H groups in total. The van der Waals surface area contributed by atoms with Crippen molar-refractivity contribution >= 4 is 0 Å². The number of piperidine rings is 1. The zero-order valence-corrected chi connectivity index (χ0v) is 7.45. The van der Waals surface area contributed by atoms with Gasteiger partial charge in [-0.05, 0) is 32.2 Å². The van der Waals surface area contributed by atoms with Crippen LogP contribution in [0.2, 0.25) is 0 Å². The second-order valence-electron chi connectivity index (χ2n) is 4.16. The number of nitrogens with one attached hydrogen (secondary N) is 1. The van der Waals surface area contributed by atoms with Gasteiger partial charge >= 0.3 is 6.18 Å². The van der Waals surface area contributed by atoms with Crippen LogP contribution in [0.3, 0.4) is 0 Å². The molecule has 1 nitrogen and oxygen atoms in total. The van der Waals surface area contributed by atoms with E-state index < -0.39 is 11.6 Å². The molecule has 1 aliphatic carbocycles. The third-order valence-corrected chi connectivity index (χ3v) is 3.33. The molecule has 13 heavy (non-hydrogen) atoms. The molecule has 0 aromatic carbocycles. The van der Waals surface area contributed by atoms with E-state index in [-0.39, 0.29) is 6.04 Å². The first-order chi connectivity index (χ1) is 6.06. The van der Waals surface area contributed by atoms with E-state index in [9.17, 15) is 13.2 Å². The summed E-state index contributed by atoms with van der Waals surface area (Å²) in [5, 5.41) is 3.01. The molecule has 1 unspecified atom stereocenters. The second kappa shape index (κ2) is 2.87. The quantitative estimate of drug-likeness (QED) is 0.674. The van der Waals surface area contributed by atoms with Crippen molar-refractivity contribution in [2.24, 2.45) is 5.41 Å². The minimum Gasteiger partial charge on any atom is -0.313 e. The number of hydrogen-bond donors (Lipinski definition) is 1. The van der Waals surface area contributed by atoms with Gasteiger partial charge in [0.1, 0.15) is 0 Å². The van der Waals surface area contributed by atoms with Crippen LogP contribution < -0.4 is 5.32 Å². The molecule has 4 heteroatoms. The average molecular weight is 193 g/mol. The lowest BCUT2D eigenvalue weighted by Gasteiger charge is -2.32. The van der Waals surface area contributed by atoms with Crippen LogP contribution in [0.15, 0.2) is 0 Å². The smallest absolute Gasteiger partial charge is 0.313 e. The van der Waals surface area contributed by atoms with E-state index in [0.29, 0.717) is 19.3 Å². The summed E-state index contributed by atoms with van der Waals surface area (Å²) in [5.41, 5.74) is -1.35. The van der Waals surface area contributed by atoms with Gasteiger partial charge in [-0.2, -0.15) is 13.2 Å². The number of alkyl halides is 3. The van der Waals surface area contributed by atoms with Gasteiger partial charge in [0, 0.05) is 6.04 Å². The van der Waals surface area contributed by atoms with Crippen molar-refractivity contribution in [2.45, 2.75) is 44.3 Å². The molecule has 0 aromatic heterocycles. The molecule has 0 spiro atoms. The van der Waals surface area contributed by atoms with Crippen LogP contribution in [0.4, 0.5) is 13.2 Å². The number of rotatable bonds is 1. The van der Waals surface area contributed by atoms with Crippen molar-refractivity contribution in [3.8, 4) is 0 Å². The van der Waals surface area contributed by atoms with Crippen molar-refractivity contribution in [2.75, 3.05) is 6.54 Å². The third kappa shape index (κ3) is 1.45. The van der Waals surface area contributed by atoms with E-state index in [1.54, 1.807) is 0 Å². The van der Waals surface area contributed by atoms with Crippen molar-refractivity contribution in [3.63, 3.8) is 0 Å². The Morgan fingerprint density at radius 2 is 1.85 bits per heavy atom. The van der Waals surface area contributed by atoms with E-state index in [0.717, 1.165) is 19.4 Å². The fourth-order valence-corrected chi connectivity index (χ4v) is 2.29. The second-order valence-corrected chi connectivity index (χ2v) is 4.16. The standard InChI is InChI=1S/C9H14F3N/c10-9(11,12)8(4-5-8)7-3-1-2-6-13-7/h7,13H,1-6H2. The van der Waals surface area contributed by atoms with Gasteiger partial charge in [-0.15, -0.1) is 0 Å². The maximum absolute atomic E-state index is 12.6. The van der Waals surface area contributed by atoms with Crippen LogP contribution in [0, 0.1) is 5.41 Å². The Labute approximate surface area is 75.7 Å². The minimum absolute atomic E-state index is 0.304. The van der Waals surface area contributed by atoms with Crippen LogP contribution in [-0.2, 0) is 0 Å². The van der Waals surface area contributed by atoms with E-state index >= 15 is 0 Å². The molecule has 76 valence electrons. The topological polar surface area (TPSA) is 12.0 Å². The van der Waals surface area contributed by atoms with Crippen molar-refractivity contribution < 1.29 is 13.2 Å². The summed E-state index contributed by atoms with van der Waals surface area (Å²) < 4.78 is 37.9. The predicted octanol–water partition coefficient (Wildman–Crippen LogP) is 2.47. The summed E-state index contributed by atoms with van der Waals surface area (Å²) in [7, 11) is 0. The molecule has 2 aliphatic rings. The van der Waals surface area contributed by atoms with Gasteiger partial charge in [0.05, 0.1) is 5.41 Å². The molecular weight excluding hydrogens is 179 g/mol. The van der Waals surface area contributed by atoms with Gasteiger partial charge in [0.25, 0.3) is 0 Å². The maximum atomic E-state index is 12.6. The number of hydrogen-bond acceptors (Lipinski definition) is 1. The van der Waals surface area contributed by atoms with Gasteiger partial charge in [-0.3, -0.25) is 0 Å².